The molecule has 0 fully saturated rings. The summed E-state index contributed by atoms with van der Waals surface area (Å²) in [6.45, 7) is 2.09. The molecule has 0 aliphatic rings. The normalized spacial score (nSPS) is 10.1. The Morgan fingerprint density at radius 1 is 0.912 bits per heavy atom. The van der Waals surface area contributed by atoms with Crippen molar-refractivity contribution in [3.8, 4) is 22.5 Å². The molecule has 10 heteroatoms. The summed E-state index contributed by atoms with van der Waals surface area (Å²) in [6.07, 6.45) is 0. The third-order valence-electron chi connectivity index (χ3n) is 4.27. The number of thioether (sulfide) groups is 1. The number of carbonyl (C=O) groups excluding carboxylic acids is 1. The quantitative estimate of drug-likeness (QED) is 0.159. The summed E-state index contributed by atoms with van der Waals surface area (Å²) in [7, 11) is 0. The predicted octanol–water partition coefficient (Wildman–Crippen LogP) is 4.19. The van der Waals surface area contributed by atoms with Gasteiger partial charge >= 0.3 is 5.97 Å². The number of hydrogen-bond donors (Lipinski definition) is 3. The molecule has 0 saturated carbocycles. The second-order valence-corrected chi connectivity index (χ2v) is 8.14. The van der Waals surface area contributed by atoms with E-state index in [-0.39, 0.29) is 22.8 Å². The second kappa shape index (κ2) is 12.5. The van der Waals surface area contributed by atoms with Gasteiger partial charge in [0.05, 0.1) is 23.7 Å². The van der Waals surface area contributed by atoms with E-state index < -0.39 is 0 Å². The fourth-order valence-electron chi connectivity index (χ4n) is 2.83. The zero-order valence-corrected chi connectivity index (χ0v) is 19.9. The van der Waals surface area contributed by atoms with E-state index in [1.807, 2.05) is 60.7 Å². The Hall–Kier alpha value is -3.76. The molecule has 8 nitrogen and oxygen atoms in total. The number of carbonyl (C=O) groups is 1. The molecule has 0 spiro atoms. The lowest BCUT2D eigenvalue weighted by Gasteiger charge is -2.04. The van der Waals surface area contributed by atoms with Gasteiger partial charge < -0.3 is 14.7 Å². The van der Waals surface area contributed by atoms with Crippen molar-refractivity contribution in [3.63, 3.8) is 0 Å². The Labute approximate surface area is 204 Å². The topological polar surface area (TPSA) is 121 Å². The van der Waals surface area contributed by atoms with Gasteiger partial charge in [-0.1, -0.05) is 72.4 Å². The first-order chi connectivity index (χ1) is 16.4. The van der Waals surface area contributed by atoms with Crippen LogP contribution in [0.25, 0.3) is 22.5 Å². The highest BCUT2D eigenvalue weighted by Crippen LogP contribution is 2.18. The van der Waals surface area contributed by atoms with E-state index in [0.29, 0.717) is 22.2 Å². The van der Waals surface area contributed by atoms with Crippen LogP contribution in [0.5, 0.6) is 0 Å². The minimum atomic E-state index is -0.328. The monoisotopic (exact) mass is 494 g/mol. The zero-order chi connectivity index (χ0) is 24.3. The van der Waals surface area contributed by atoms with Crippen molar-refractivity contribution >= 4 is 29.9 Å². The molecule has 2 aromatic heterocycles. The van der Waals surface area contributed by atoms with Crippen LogP contribution in [0.4, 0.5) is 0 Å². The lowest BCUT2D eigenvalue weighted by Crippen LogP contribution is -2.11. The van der Waals surface area contributed by atoms with Gasteiger partial charge in [-0.15, -0.1) is 0 Å². The first kappa shape index (κ1) is 24.9. The molecular weight excluding hydrogens is 472 g/mol. The number of nitrogens with zero attached hydrogens (tertiary/aromatic N) is 1. The number of benzene rings is 2. The van der Waals surface area contributed by atoms with Crippen LogP contribution in [0, 0.1) is 4.77 Å². The fourth-order valence-corrected chi connectivity index (χ4v) is 3.72. The minimum absolute atomic E-state index is 0.120. The van der Waals surface area contributed by atoms with Gasteiger partial charge in [0.1, 0.15) is 0 Å². The summed E-state index contributed by atoms with van der Waals surface area (Å²) < 4.78 is 5.17. The minimum Gasteiger partial charge on any atom is -0.465 e. The van der Waals surface area contributed by atoms with Gasteiger partial charge in [0.15, 0.2) is 9.93 Å². The molecule has 4 aromatic rings. The molecule has 0 aliphatic heterocycles. The molecule has 0 atom stereocenters. The van der Waals surface area contributed by atoms with Crippen molar-refractivity contribution in [2.45, 2.75) is 12.1 Å². The molecule has 2 heterocycles. The van der Waals surface area contributed by atoms with Crippen LogP contribution in [0.3, 0.4) is 0 Å². The van der Waals surface area contributed by atoms with Crippen molar-refractivity contribution in [1.29, 1.82) is 0 Å². The molecule has 3 N–H and O–H groups in total. The van der Waals surface area contributed by atoms with E-state index in [0.717, 1.165) is 28.6 Å². The van der Waals surface area contributed by atoms with Crippen LogP contribution in [-0.2, 0) is 9.53 Å². The molecule has 0 aliphatic carbocycles. The first-order valence-corrected chi connectivity index (χ1v) is 11.7. The molecule has 174 valence electrons. The Bertz CT molecular complexity index is 1370. The van der Waals surface area contributed by atoms with Crippen molar-refractivity contribution in [3.05, 3.63) is 98.3 Å². The SMILES string of the molecule is CCOC(=O)CSc1nc(-c2ccccc2)cc(=O)[nH]1.O=c1cc(-c2ccccc2)[nH]c(=S)[nH]1. The highest BCUT2D eigenvalue weighted by molar-refractivity contribution is 7.99. The summed E-state index contributed by atoms with van der Waals surface area (Å²) in [6, 6.07) is 21.9. The maximum Gasteiger partial charge on any atom is 0.316 e. The van der Waals surface area contributed by atoms with E-state index in [2.05, 4.69) is 19.9 Å². The summed E-state index contributed by atoms with van der Waals surface area (Å²) >= 11 is 6.03. The van der Waals surface area contributed by atoms with Crippen LogP contribution >= 0.6 is 24.0 Å². The summed E-state index contributed by atoms with van der Waals surface area (Å²) in [5.74, 6) is -0.208. The highest BCUT2D eigenvalue weighted by Gasteiger charge is 2.08. The average Bonchev–Trinajstić information content (AvgIpc) is 2.84. The van der Waals surface area contributed by atoms with Crippen LogP contribution in [0.2, 0.25) is 0 Å². The third kappa shape index (κ3) is 7.68. The number of nitrogens with one attached hydrogen (secondary N) is 3. The first-order valence-electron chi connectivity index (χ1n) is 10.3. The highest BCUT2D eigenvalue weighted by atomic mass is 32.2. The number of H-pyrrole nitrogens is 3. The molecule has 0 amide bonds. The van der Waals surface area contributed by atoms with Crippen LogP contribution in [-0.4, -0.2) is 38.3 Å². The molecule has 2 aromatic carbocycles. The Morgan fingerprint density at radius 2 is 1.53 bits per heavy atom. The Kier molecular flexibility index (Phi) is 9.12. The standard InChI is InChI=1S/C14H14N2O3S.C10H8N2OS/c1-2-19-13(18)9-20-14-15-11(8-12(17)16-14)10-6-4-3-5-7-10;13-9-6-8(11-10(14)12-9)7-4-2-1-3-5-7/h3-8H,2,9H2,1H3,(H,15,16,17);1-6H,(H2,11,12,13,14). The largest absolute Gasteiger partial charge is 0.465 e. The van der Waals surface area contributed by atoms with E-state index in [4.69, 9.17) is 17.0 Å². The second-order valence-electron chi connectivity index (χ2n) is 6.76. The van der Waals surface area contributed by atoms with Crippen LogP contribution in [0.15, 0.2) is 87.5 Å². The molecule has 34 heavy (non-hydrogen) atoms. The van der Waals surface area contributed by atoms with Gasteiger partial charge in [-0.3, -0.25) is 19.4 Å². The van der Waals surface area contributed by atoms with E-state index in [9.17, 15) is 14.4 Å². The lowest BCUT2D eigenvalue weighted by molar-refractivity contribution is -0.139. The van der Waals surface area contributed by atoms with Gasteiger partial charge in [-0.05, 0) is 24.7 Å². The number of ether oxygens (including phenoxy) is 1. The van der Waals surface area contributed by atoms with Gasteiger partial charge in [-0.25, -0.2) is 4.98 Å². The molecule has 0 bridgehead atoms. The molecule has 0 saturated heterocycles. The van der Waals surface area contributed by atoms with E-state index in [1.165, 1.54) is 12.1 Å². The van der Waals surface area contributed by atoms with Crippen molar-refractivity contribution in [2.24, 2.45) is 0 Å². The number of esters is 1. The van der Waals surface area contributed by atoms with Gasteiger partial charge in [-0.2, -0.15) is 0 Å². The summed E-state index contributed by atoms with van der Waals surface area (Å²) in [4.78, 5) is 46.4. The molecule has 0 radical (unpaired) electrons. The predicted molar refractivity (Wildman–Crippen MR) is 135 cm³/mol. The average molecular weight is 495 g/mol. The van der Waals surface area contributed by atoms with Crippen LogP contribution in [0.1, 0.15) is 6.92 Å². The Balaban J connectivity index is 0.000000202. The fraction of sp³-hybridized carbons (Fsp3) is 0.125. The number of aromatic nitrogens is 4. The van der Waals surface area contributed by atoms with Crippen molar-refractivity contribution < 1.29 is 9.53 Å². The summed E-state index contributed by atoms with van der Waals surface area (Å²) in [5, 5.41) is 0.407. The molecule has 4 rings (SSSR count). The number of hydrogen-bond acceptors (Lipinski definition) is 7. The van der Waals surface area contributed by atoms with Gasteiger partial charge in [0.2, 0.25) is 0 Å². The third-order valence-corrected chi connectivity index (χ3v) is 5.32. The zero-order valence-electron chi connectivity index (χ0n) is 18.2. The van der Waals surface area contributed by atoms with E-state index >= 15 is 0 Å². The number of rotatable bonds is 6. The maximum atomic E-state index is 11.6. The van der Waals surface area contributed by atoms with Crippen molar-refractivity contribution in [1.82, 2.24) is 19.9 Å². The smallest absolute Gasteiger partial charge is 0.316 e. The van der Waals surface area contributed by atoms with Crippen LogP contribution < -0.4 is 11.1 Å². The lowest BCUT2D eigenvalue weighted by atomic mass is 10.1. The molecule has 0 unspecified atom stereocenters. The van der Waals surface area contributed by atoms with Gasteiger partial charge in [0, 0.05) is 17.7 Å². The van der Waals surface area contributed by atoms with E-state index in [1.54, 1.807) is 6.92 Å². The maximum absolute atomic E-state index is 11.6. The summed E-state index contributed by atoms with van der Waals surface area (Å²) in [5.41, 5.74) is 2.69. The Morgan fingerprint density at radius 3 is 2.15 bits per heavy atom. The number of aromatic amines is 3. The molecular formula is C24H22N4O4S2. The van der Waals surface area contributed by atoms with Crippen molar-refractivity contribution in [2.75, 3.05) is 12.4 Å². The van der Waals surface area contributed by atoms with Gasteiger partial charge in [0.25, 0.3) is 11.1 Å².